The maximum atomic E-state index is 14.0. The summed E-state index contributed by atoms with van der Waals surface area (Å²) in [6.45, 7) is 2.31. The number of anilines is 1. The van der Waals surface area contributed by atoms with Crippen LogP contribution in [0.1, 0.15) is 62.8 Å². The summed E-state index contributed by atoms with van der Waals surface area (Å²) < 4.78 is 0. The molecule has 2 saturated heterocycles. The number of piperidine rings is 1. The van der Waals surface area contributed by atoms with E-state index in [4.69, 9.17) is 0 Å². The zero-order valence-corrected chi connectivity index (χ0v) is 22.8. The van der Waals surface area contributed by atoms with Gasteiger partial charge in [0.05, 0.1) is 6.67 Å². The van der Waals surface area contributed by atoms with Crippen LogP contribution in [-0.4, -0.2) is 65.9 Å². The van der Waals surface area contributed by atoms with Crippen molar-refractivity contribution in [2.75, 3.05) is 37.7 Å². The van der Waals surface area contributed by atoms with E-state index in [1.165, 1.54) is 37.7 Å². The summed E-state index contributed by atoms with van der Waals surface area (Å²) in [5, 5.41) is 3.10. The Morgan fingerprint density at radius 1 is 0.897 bits per heavy atom. The minimum absolute atomic E-state index is 0.0138. The molecule has 2 saturated carbocycles. The molecule has 2 heterocycles. The average Bonchev–Trinajstić information content (AvgIpc) is 3.76. The van der Waals surface area contributed by atoms with E-state index in [9.17, 15) is 14.4 Å². The second kappa shape index (κ2) is 11.0. The molecular formula is C32H40N4O3. The molecule has 2 aromatic carbocycles. The molecule has 206 valence electrons. The molecule has 2 atom stereocenters. The maximum Gasteiger partial charge on any atom is 0.250 e. The third kappa shape index (κ3) is 5.28. The number of para-hydroxylation sites is 1. The Labute approximate surface area is 231 Å². The molecule has 7 nitrogen and oxygen atoms in total. The molecule has 7 heteroatoms. The summed E-state index contributed by atoms with van der Waals surface area (Å²) in [5.41, 5.74) is 1.51. The molecule has 1 N–H and O–H groups in total. The van der Waals surface area contributed by atoms with Gasteiger partial charge < -0.3 is 20.0 Å². The van der Waals surface area contributed by atoms with Crippen molar-refractivity contribution in [3.05, 3.63) is 66.2 Å². The summed E-state index contributed by atoms with van der Waals surface area (Å²) in [4.78, 5) is 46.1. The second-order valence-electron chi connectivity index (χ2n) is 11.9. The van der Waals surface area contributed by atoms with Gasteiger partial charge in [-0.05, 0) is 61.6 Å². The predicted molar refractivity (Wildman–Crippen MR) is 151 cm³/mol. The second-order valence-corrected chi connectivity index (χ2v) is 11.9. The fourth-order valence-electron chi connectivity index (χ4n) is 7.07. The monoisotopic (exact) mass is 528 g/mol. The Hall–Kier alpha value is -3.35. The fraction of sp³-hybridized carbons (Fsp3) is 0.531. The van der Waals surface area contributed by atoms with Gasteiger partial charge in [0.15, 0.2) is 0 Å². The molecule has 4 fully saturated rings. The van der Waals surface area contributed by atoms with Crippen molar-refractivity contribution < 1.29 is 14.4 Å². The Morgan fingerprint density at radius 3 is 2.26 bits per heavy atom. The van der Waals surface area contributed by atoms with Crippen LogP contribution in [0.5, 0.6) is 0 Å². The van der Waals surface area contributed by atoms with E-state index >= 15 is 0 Å². The molecule has 2 aliphatic carbocycles. The number of carbonyl (C=O) groups excluding carboxylic acids is 3. The maximum absolute atomic E-state index is 14.0. The van der Waals surface area contributed by atoms with Crippen molar-refractivity contribution in [2.24, 2.45) is 11.8 Å². The Morgan fingerprint density at radius 2 is 1.56 bits per heavy atom. The van der Waals surface area contributed by atoms with Gasteiger partial charge in [0.2, 0.25) is 11.8 Å². The van der Waals surface area contributed by atoms with Crippen LogP contribution in [0.25, 0.3) is 0 Å². The average molecular weight is 529 g/mol. The van der Waals surface area contributed by atoms with Gasteiger partial charge in [0.1, 0.15) is 12.1 Å². The Balaban J connectivity index is 1.11. The van der Waals surface area contributed by atoms with Crippen LogP contribution in [0.4, 0.5) is 5.69 Å². The number of carbonyl (C=O) groups is 3. The van der Waals surface area contributed by atoms with Gasteiger partial charge in [0, 0.05) is 31.2 Å². The van der Waals surface area contributed by atoms with E-state index in [0.29, 0.717) is 51.0 Å². The molecule has 3 amide bonds. The van der Waals surface area contributed by atoms with Crippen molar-refractivity contribution in [2.45, 2.75) is 62.8 Å². The highest BCUT2D eigenvalue weighted by Gasteiger charge is 2.55. The number of amides is 3. The van der Waals surface area contributed by atoms with Crippen LogP contribution < -0.4 is 10.2 Å². The number of hydrogen-bond acceptors (Lipinski definition) is 4. The van der Waals surface area contributed by atoms with Crippen molar-refractivity contribution in [3.63, 3.8) is 0 Å². The van der Waals surface area contributed by atoms with Crippen LogP contribution in [0.15, 0.2) is 60.7 Å². The van der Waals surface area contributed by atoms with Crippen LogP contribution in [0.2, 0.25) is 0 Å². The van der Waals surface area contributed by atoms with Crippen molar-refractivity contribution >= 4 is 23.4 Å². The van der Waals surface area contributed by atoms with E-state index in [2.05, 4.69) is 22.3 Å². The largest absolute Gasteiger partial charge is 0.354 e. The normalized spacial score (nSPS) is 24.7. The quantitative estimate of drug-likeness (QED) is 0.586. The van der Waals surface area contributed by atoms with Crippen LogP contribution >= 0.6 is 0 Å². The summed E-state index contributed by atoms with van der Waals surface area (Å²) in [6, 6.07) is 20.3. The van der Waals surface area contributed by atoms with E-state index in [0.717, 1.165) is 12.1 Å². The molecule has 1 spiro atoms. The third-order valence-corrected chi connectivity index (χ3v) is 9.47. The van der Waals surface area contributed by atoms with E-state index in [1.807, 2.05) is 53.4 Å². The lowest BCUT2D eigenvalue weighted by molar-refractivity contribution is -0.140. The topological polar surface area (TPSA) is 73.0 Å². The third-order valence-electron chi connectivity index (χ3n) is 9.47. The van der Waals surface area contributed by atoms with Gasteiger partial charge in [-0.2, -0.15) is 0 Å². The van der Waals surface area contributed by atoms with Crippen molar-refractivity contribution in [1.29, 1.82) is 0 Å². The highest BCUT2D eigenvalue weighted by atomic mass is 16.2. The number of rotatable bonds is 7. The van der Waals surface area contributed by atoms with Gasteiger partial charge in [-0.25, -0.2) is 0 Å². The summed E-state index contributed by atoms with van der Waals surface area (Å²) in [7, 11) is 0. The number of likely N-dealkylation sites (tertiary alicyclic amines) is 1. The molecular weight excluding hydrogens is 488 g/mol. The standard InChI is InChI=1S/C32H40N4O3/c37-29(33-21-24-10-4-1-5-11-24)22-35-23-36(26-14-8-3-9-15-26)32(31(35)39)16-18-34(19-17-32)30(38)28-20-27(28)25-12-6-2-7-13-25/h2-3,6-9,12-15,24,27-28H,1,4-5,10-11,16-23H2,(H,33,37). The summed E-state index contributed by atoms with van der Waals surface area (Å²) in [6.07, 6.45) is 8.20. The van der Waals surface area contributed by atoms with Crippen molar-refractivity contribution in [1.82, 2.24) is 15.1 Å². The molecule has 0 aromatic heterocycles. The minimum atomic E-state index is -0.718. The van der Waals surface area contributed by atoms with Gasteiger partial charge in [0.25, 0.3) is 5.91 Å². The van der Waals surface area contributed by atoms with E-state index in [-0.39, 0.29) is 30.2 Å². The fourth-order valence-corrected chi connectivity index (χ4v) is 7.07. The minimum Gasteiger partial charge on any atom is -0.354 e. The predicted octanol–water partition coefficient (Wildman–Crippen LogP) is 4.15. The Kier molecular flexibility index (Phi) is 7.32. The van der Waals surface area contributed by atoms with Crippen LogP contribution in [0.3, 0.4) is 0 Å². The first-order valence-electron chi connectivity index (χ1n) is 14.8. The first-order chi connectivity index (χ1) is 19.0. The highest BCUT2D eigenvalue weighted by molar-refractivity contribution is 5.96. The van der Waals surface area contributed by atoms with Crippen LogP contribution in [-0.2, 0) is 14.4 Å². The molecule has 0 radical (unpaired) electrons. The number of hydrogen-bond donors (Lipinski definition) is 1. The highest BCUT2D eigenvalue weighted by Crippen LogP contribution is 2.49. The van der Waals surface area contributed by atoms with E-state index < -0.39 is 5.54 Å². The number of nitrogens with zero attached hydrogens (tertiary/aromatic N) is 3. The molecule has 2 aliphatic heterocycles. The van der Waals surface area contributed by atoms with Gasteiger partial charge in [-0.3, -0.25) is 14.4 Å². The molecule has 6 rings (SSSR count). The lowest BCUT2D eigenvalue weighted by Crippen LogP contribution is -2.57. The number of benzene rings is 2. The first-order valence-corrected chi connectivity index (χ1v) is 14.8. The van der Waals surface area contributed by atoms with Gasteiger partial charge >= 0.3 is 0 Å². The molecule has 2 unspecified atom stereocenters. The number of nitrogens with one attached hydrogen (secondary N) is 1. The SMILES string of the molecule is O=C(CN1CN(c2ccccc2)C2(CCN(C(=O)C3CC3c3ccccc3)CC2)C1=O)NCC1CCCCC1. The van der Waals surface area contributed by atoms with Gasteiger partial charge in [-0.15, -0.1) is 0 Å². The lowest BCUT2D eigenvalue weighted by atomic mass is 9.85. The smallest absolute Gasteiger partial charge is 0.250 e. The van der Waals surface area contributed by atoms with Crippen molar-refractivity contribution in [3.8, 4) is 0 Å². The zero-order valence-electron chi connectivity index (χ0n) is 22.8. The Bertz CT molecular complexity index is 1170. The zero-order chi connectivity index (χ0) is 26.8. The van der Waals surface area contributed by atoms with Gasteiger partial charge in [-0.1, -0.05) is 67.8 Å². The first kappa shape index (κ1) is 25.9. The summed E-state index contributed by atoms with van der Waals surface area (Å²) in [5.74, 6) is 1.07. The molecule has 2 aromatic rings. The molecule has 0 bridgehead atoms. The van der Waals surface area contributed by atoms with Crippen LogP contribution in [0, 0.1) is 11.8 Å². The molecule has 39 heavy (non-hydrogen) atoms. The molecule has 4 aliphatic rings. The van der Waals surface area contributed by atoms with E-state index in [1.54, 1.807) is 4.90 Å². The summed E-state index contributed by atoms with van der Waals surface area (Å²) >= 11 is 0. The lowest BCUT2D eigenvalue weighted by Gasteiger charge is -2.43.